The first-order valence-corrected chi connectivity index (χ1v) is 8.07. The second-order valence-electron chi connectivity index (χ2n) is 4.97. The Bertz CT molecular complexity index is 488. The van der Waals surface area contributed by atoms with Gasteiger partial charge in [0.25, 0.3) is 0 Å². The smallest absolute Gasteiger partial charge is 0.325 e. The van der Waals surface area contributed by atoms with Crippen LogP contribution in [0.25, 0.3) is 0 Å². The van der Waals surface area contributed by atoms with Crippen molar-refractivity contribution in [3.05, 3.63) is 29.8 Å². The van der Waals surface area contributed by atoms with Crippen LogP contribution >= 0.6 is 11.8 Å². The molecular formula is C16H23NO3S. The van der Waals surface area contributed by atoms with E-state index in [2.05, 4.69) is 0 Å². The van der Waals surface area contributed by atoms with Crippen molar-refractivity contribution in [2.75, 3.05) is 18.9 Å². The van der Waals surface area contributed by atoms with E-state index in [1.807, 2.05) is 45.0 Å². The summed E-state index contributed by atoms with van der Waals surface area (Å²) in [4.78, 5) is 26.5. The molecule has 1 aromatic carbocycles. The molecule has 5 heteroatoms. The molecule has 0 fully saturated rings. The fourth-order valence-electron chi connectivity index (χ4n) is 1.85. The summed E-state index contributed by atoms with van der Waals surface area (Å²) in [6.07, 6.45) is 0. The fraction of sp³-hybridized carbons (Fsp3) is 0.500. The van der Waals surface area contributed by atoms with Crippen molar-refractivity contribution in [1.29, 1.82) is 0 Å². The summed E-state index contributed by atoms with van der Waals surface area (Å²) in [5, 5.41) is 0. The van der Waals surface area contributed by atoms with Gasteiger partial charge in [0.1, 0.15) is 6.54 Å². The van der Waals surface area contributed by atoms with E-state index in [1.54, 1.807) is 11.8 Å². The van der Waals surface area contributed by atoms with Gasteiger partial charge in [0.2, 0.25) is 5.91 Å². The van der Waals surface area contributed by atoms with Gasteiger partial charge in [-0.05, 0) is 39.3 Å². The third-order valence-electron chi connectivity index (χ3n) is 2.99. The van der Waals surface area contributed by atoms with Gasteiger partial charge in [0.15, 0.2) is 0 Å². The van der Waals surface area contributed by atoms with Crippen LogP contribution in [0.15, 0.2) is 29.2 Å². The van der Waals surface area contributed by atoms with Crippen molar-refractivity contribution in [2.24, 2.45) is 0 Å². The van der Waals surface area contributed by atoms with Gasteiger partial charge in [-0.2, -0.15) is 0 Å². The van der Waals surface area contributed by atoms with E-state index in [-0.39, 0.29) is 24.5 Å². The number of rotatable bonds is 7. The molecule has 0 aliphatic carbocycles. The van der Waals surface area contributed by atoms with Crippen molar-refractivity contribution in [1.82, 2.24) is 4.90 Å². The van der Waals surface area contributed by atoms with Gasteiger partial charge in [-0.25, -0.2) is 0 Å². The van der Waals surface area contributed by atoms with Crippen molar-refractivity contribution < 1.29 is 14.3 Å². The summed E-state index contributed by atoms with van der Waals surface area (Å²) >= 11 is 1.50. The molecule has 0 unspecified atom stereocenters. The van der Waals surface area contributed by atoms with E-state index >= 15 is 0 Å². The van der Waals surface area contributed by atoms with Crippen molar-refractivity contribution in [2.45, 2.75) is 38.6 Å². The number of nitrogens with zero attached hydrogens (tertiary/aromatic N) is 1. The molecule has 1 amide bonds. The minimum atomic E-state index is -0.361. The Morgan fingerprint density at radius 1 is 1.29 bits per heavy atom. The molecule has 21 heavy (non-hydrogen) atoms. The molecule has 0 heterocycles. The summed E-state index contributed by atoms with van der Waals surface area (Å²) < 4.78 is 4.91. The molecule has 116 valence electrons. The van der Waals surface area contributed by atoms with E-state index < -0.39 is 0 Å². The lowest BCUT2D eigenvalue weighted by Gasteiger charge is -2.25. The Kier molecular flexibility index (Phi) is 7.29. The predicted molar refractivity (Wildman–Crippen MR) is 85.4 cm³/mol. The van der Waals surface area contributed by atoms with Gasteiger partial charge in [-0.15, -0.1) is 11.8 Å². The van der Waals surface area contributed by atoms with Gasteiger partial charge in [-0.3, -0.25) is 9.59 Å². The molecule has 0 aromatic heterocycles. The summed E-state index contributed by atoms with van der Waals surface area (Å²) in [6, 6.07) is 7.92. The highest BCUT2D eigenvalue weighted by Crippen LogP contribution is 2.22. The third kappa shape index (κ3) is 5.79. The van der Waals surface area contributed by atoms with Gasteiger partial charge in [0, 0.05) is 10.9 Å². The van der Waals surface area contributed by atoms with E-state index in [0.29, 0.717) is 12.4 Å². The first kappa shape index (κ1) is 17.6. The second-order valence-corrected chi connectivity index (χ2v) is 5.99. The molecule has 0 radical (unpaired) electrons. The number of carbonyl (C=O) groups excluding carboxylic acids is 2. The number of ether oxygens (including phenoxy) is 1. The normalized spacial score (nSPS) is 10.5. The molecule has 0 aliphatic rings. The number of thioether (sulfide) groups is 1. The summed E-state index contributed by atoms with van der Waals surface area (Å²) in [6.45, 7) is 7.92. The molecule has 0 aliphatic heterocycles. The Labute approximate surface area is 130 Å². The van der Waals surface area contributed by atoms with Gasteiger partial charge in [0.05, 0.1) is 12.4 Å². The van der Waals surface area contributed by atoms with Crippen LogP contribution in [-0.2, 0) is 14.3 Å². The van der Waals surface area contributed by atoms with E-state index in [1.165, 1.54) is 11.8 Å². The van der Waals surface area contributed by atoms with Crippen LogP contribution in [0.3, 0.4) is 0 Å². The number of benzene rings is 1. The summed E-state index contributed by atoms with van der Waals surface area (Å²) in [5.74, 6) is -0.0886. The van der Waals surface area contributed by atoms with E-state index in [9.17, 15) is 9.59 Å². The van der Waals surface area contributed by atoms with Crippen LogP contribution in [0.2, 0.25) is 0 Å². The van der Waals surface area contributed by atoms with Crippen LogP contribution in [0, 0.1) is 6.92 Å². The monoisotopic (exact) mass is 309 g/mol. The van der Waals surface area contributed by atoms with E-state index in [0.717, 1.165) is 10.5 Å². The largest absolute Gasteiger partial charge is 0.465 e. The number of amides is 1. The minimum absolute atomic E-state index is 0.0126. The Morgan fingerprint density at radius 3 is 2.52 bits per heavy atom. The van der Waals surface area contributed by atoms with Crippen molar-refractivity contribution in [3.8, 4) is 0 Å². The highest BCUT2D eigenvalue weighted by molar-refractivity contribution is 8.00. The minimum Gasteiger partial charge on any atom is -0.465 e. The average molecular weight is 309 g/mol. The zero-order chi connectivity index (χ0) is 15.8. The zero-order valence-electron chi connectivity index (χ0n) is 13.1. The van der Waals surface area contributed by atoms with E-state index in [4.69, 9.17) is 4.74 Å². The third-order valence-corrected chi connectivity index (χ3v) is 4.15. The number of aryl methyl sites for hydroxylation is 1. The molecule has 0 saturated heterocycles. The number of esters is 1. The number of carbonyl (C=O) groups is 2. The fourth-order valence-corrected chi connectivity index (χ4v) is 2.76. The molecule has 1 aromatic rings. The number of hydrogen-bond donors (Lipinski definition) is 0. The quantitative estimate of drug-likeness (QED) is 0.574. The molecule has 0 bridgehead atoms. The molecule has 1 rings (SSSR count). The predicted octanol–water partition coefficient (Wildman–Crippen LogP) is 2.89. The lowest BCUT2D eigenvalue weighted by Crippen LogP contribution is -2.42. The van der Waals surface area contributed by atoms with Crippen LogP contribution < -0.4 is 0 Å². The van der Waals surface area contributed by atoms with Crippen molar-refractivity contribution >= 4 is 23.6 Å². The Morgan fingerprint density at radius 2 is 1.95 bits per heavy atom. The maximum atomic E-state index is 12.3. The highest BCUT2D eigenvalue weighted by Gasteiger charge is 2.20. The average Bonchev–Trinajstić information content (AvgIpc) is 2.43. The van der Waals surface area contributed by atoms with Crippen LogP contribution in [0.1, 0.15) is 26.3 Å². The van der Waals surface area contributed by atoms with Crippen molar-refractivity contribution in [3.63, 3.8) is 0 Å². The standard InChI is InChI=1S/C16H23NO3S/c1-5-20-16(19)10-17(12(2)3)15(18)11-21-14-9-7-6-8-13(14)4/h6-9,12H,5,10-11H2,1-4H3. The molecule has 0 saturated carbocycles. The maximum Gasteiger partial charge on any atom is 0.325 e. The molecule has 0 spiro atoms. The van der Waals surface area contributed by atoms with Crippen LogP contribution in [0.4, 0.5) is 0 Å². The Hall–Kier alpha value is -1.49. The first-order chi connectivity index (χ1) is 9.95. The summed E-state index contributed by atoms with van der Waals surface area (Å²) in [5.41, 5.74) is 1.15. The Balaban J connectivity index is 2.61. The van der Waals surface area contributed by atoms with Crippen LogP contribution in [-0.4, -0.2) is 41.7 Å². The second kappa shape index (κ2) is 8.72. The molecule has 0 N–H and O–H groups in total. The van der Waals surface area contributed by atoms with Gasteiger partial charge < -0.3 is 9.64 Å². The lowest BCUT2D eigenvalue weighted by molar-refractivity contribution is -0.149. The number of hydrogen-bond acceptors (Lipinski definition) is 4. The molecular weight excluding hydrogens is 286 g/mol. The topological polar surface area (TPSA) is 46.6 Å². The first-order valence-electron chi connectivity index (χ1n) is 7.09. The molecule has 0 atom stereocenters. The molecule has 4 nitrogen and oxygen atoms in total. The highest BCUT2D eigenvalue weighted by atomic mass is 32.2. The maximum absolute atomic E-state index is 12.3. The van der Waals surface area contributed by atoms with Gasteiger partial charge >= 0.3 is 5.97 Å². The SMILES string of the molecule is CCOC(=O)CN(C(=O)CSc1ccccc1C)C(C)C. The lowest BCUT2D eigenvalue weighted by atomic mass is 10.2. The summed E-state index contributed by atoms with van der Waals surface area (Å²) in [7, 11) is 0. The van der Waals surface area contributed by atoms with Crippen LogP contribution in [0.5, 0.6) is 0 Å². The zero-order valence-corrected chi connectivity index (χ0v) is 13.9. The van der Waals surface area contributed by atoms with Gasteiger partial charge in [-0.1, -0.05) is 18.2 Å².